The van der Waals surface area contributed by atoms with E-state index >= 15 is 0 Å². The quantitative estimate of drug-likeness (QED) is 0.734. The molecule has 0 aromatic carbocycles. The van der Waals surface area contributed by atoms with Crippen molar-refractivity contribution in [3.8, 4) is 0 Å². The van der Waals surface area contributed by atoms with Crippen molar-refractivity contribution in [3.05, 3.63) is 0 Å². The molecule has 13 heavy (non-hydrogen) atoms. The standard InChI is InChI=1S/C10H20O.Cu.Zn/c1-7(2)9-5-4-8(3)6-10(9)11;;/h7-11H,4-6H2,1-3H3;;/t8-,9+,10-;;/m1../s1. The molecule has 0 spiro atoms. The molecular weight excluding hydrogens is 265 g/mol. The summed E-state index contributed by atoms with van der Waals surface area (Å²) in [6.07, 6.45) is 3.52. The largest absolute Gasteiger partial charge is 0.393 e. The van der Waals surface area contributed by atoms with Crippen LogP contribution in [-0.2, 0) is 36.5 Å². The van der Waals surface area contributed by atoms with E-state index in [1.54, 1.807) is 0 Å². The average Bonchev–Trinajstić information content (AvgIpc) is 1.85. The van der Waals surface area contributed by atoms with Gasteiger partial charge in [0.2, 0.25) is 0 Å². The third-order valence-corrected chi connectivity index (χ3v) is 2.99. The van der Waals surface area contributed by atoms with Gasteiger partial charge in [0.1, 0.15) is 0 Å². The van der Waals surface area contributed by atoms with Gasteiger partial charge in [0.15, 0.2) is 0 Å². The normalized spacial score (nSPS) is 33.5. The Kier molecular flexibility index (Phi) is 9.41. The fourth-order valence-corrected chi connectivity index (χ4v) is 2.15. The molecule has 3 atom stereocenters. The number of hydrogen-bond acceptors (Lipinski definition) is 1. The smallest absolute Gasteiger partial charge is 0.0573 e. The van der Waals surface area contributed by atoms with Gasteiger partial charge in [-0.2, -0.15) is 0 Å². The average molecular weight is 285 g/mol. The van der Waals surface area contributed by atoms with Crippen LogP contribution in [0.1, 0.15) is 40.0 Å². The van der Waals surface area contributed by atoms with Gasteiger partial charge in [-0.05, 0) is 30.6 Å². The Balaban J connectivity index is 0. The molecule has 1 aliphatic rings. The fourth-order valence-electron chi connectivity index (χ4n) is 2.15. The van der Waals surface area contributed by atoms with E-state index in [2.05, 4.69) is 20.8 Å². The van der Waals surface area contributed by atoms with Crippen LogP contribution in [0.15, 0.2) is 0 Å². The predicted octanol–water partition coefficient (Wildman–Crippen LogP) is 2.43. The van der Waals surface area contributed by atoms with Crippen LogP contribution in [0.2, 0.25) is 0 Å². The van der Waals surface area contributed by atoms with Crippen molar-refractivity contribution >= 4 is 0 Å². The number of aliphatic hydroxyl groups is 1. The monoisotopic (exact) mass is 283 g/mol. The summed E-state index contributed by atoms with van der Waals surface area (Å²) in [4.78, 5) is 0. The minimum atomic E-state index is -0.0289. The first-order chi connectivity index (χ1) is 5.11. The van der Waals surface area contributed by atoms with Crippen molar-refractivity contribution in [1.82, 2.24) is 0 Å². The maximum Gasteiger partial charge on any atom is 0.0573 e. The van der Waals surface area contributed by atoms with Crippen LogP contribution in [0.4, 0.5) is 0 Å². The second kappa shape index (κ2) is 7.40. The van der Waals surface area contributed by atoms with E-state index in [0.29, 0.717) is 11.8 Å². The fraction of sp³-hybridized carbons (Fsp3) is 1.00. The summed E-state index contributed by atoms with van der Waals surface area (Å²) >= 11 is 0. The van der Waals surface area contributed by atoms with Crippen LogP contribution in [0, 0.1) is 17.8 Å². The zero-order valence-corrected chi connectivity index (χ0v) is 12.8. The third-order valence-electron chi connectivity index (χ3n) is 2.99. The third kappa shape index (κ3) is 4.93. The Hall–Kier alpha value is 1.10. The summed E-state index contributed by atoms with van der Waals surface area (Å²) in [6, 6.07) is 0. The Morgan fingerprint density at radius 3 is 2.15 bits per heavy atom. The zero-order valence-electron chi connectivity index (χ0n) is 8.89. The van der Waals surface area contributed by atoms with E-state index in [-0.39, 0.29) is 42.7 Å². The van der Waals surface area contributed by atoms with E-state index in [1.165, 1.54) is 12.8 Å². The van der Waals surface area contributed by atoms with Crippen molar-refractivity contribution in [2.45, 2.75) is 46.1 Å². The van der Waals surface area contributed by atoms with Crippen LogP contribution >= 0.6 is 0 Å². The first-order valence-corrected chi connectivity index (χ1v) is 4.79. The topological polar surface area (TPSA) is 20.2 Å². The van der Waals surface area contributed by atoms with E-state index in [4.69, 9.17) is 0 Å². The summed E-state index contributed by atoms with van der Waals surface area (Å²) < 4.78 is 0. The molecule has 0 aliphatic heterocycles. The summed E-state index contributed by atoms with van der Waals surface area (Å²) in [5.74, 6) is 1.95. The van der Waals surface area contributed by atoms with Gasteiger partial charge in [0.05, 0.1) is 6.10 Å². The second-order valence-electron chi connectivity index (χ2n) is 4.39. The summed E-state index contributed by atoms with van der Waals surface area (Å²) in [7, 11) is 0. The summed E-state index contributed by atoms with van der Waals surface area (Å²) in [5, 5.41) is 9.71. The van der Waals surface area contributed by atoms with Crippen molar-refractivity contribution in [2.24, 2.45) is 17.8 Å². The Labute approximate surface area is 105 Å². The molecule has 1 aliphatic carbocycles. The molecular formula is C10H20CuOZn. The van der Waals surface area contributed by atoms with E-state index in [1.807, 2.05) is 0 Å². The SMILES string of the molecule is CC(C)[C@@H]1CC[C@@H](C)C[C@H]1O.[Cu].[Zn]. The van der Waals surface area contributed by atoms with Crippen LogP contribution in [0.3, 0.4) is 0 Å². The molecule has 1 N–H and O–H groups in total. The Morgan fingerprint density at radius 1 is 1.23 bits per heavy atom. The molecule has 1 fully saturated rings. The van der Waals surface area contributed by atoms with Gasteiger partial charge in [-0.25, -0.2) is 0 Å². The van der Waals surface area contributed by atoms with Gasteiger partial charge in [0, 0.05) is 36.5 Å². The first kappa shape index (κ1) is 16.5. The van der Waals surface area contributed by atoms with Crippen molar-refractivity contribution in [2.75, 3.05) is 0 Å². The summed E-state index contributed by atoms with van der Waals surface area (Å²) in [5.41, 5.74) is 0. The Bertz CT molecular complexity index is 130. The first-order valence-electron chi connectivity index (χ1n) is 4.79. The van der Waals surface area contributed by atoms with Gasteiger partial charge < -0.3 is 5.11 Å². The molecule has 0 bridgehead atoms. The molecule has 3 heteroatoms. The second-order valence-corrected chi connectivity index (χ2v) is 4.39. The molecule has 0 aromatic rings. The van der Waals surface area contributed by atoms with E-state index in [0.717, 1.165) is 12.3 Å². The molecule has 0 amide bonds. The Morgan fingerprint density at radius 2 is 1.77 bits per heavy atom. The van der Waals surface area contributed by atoms with Crippen LogP contribution < -0.4 is 0 Å². The minimum absolute atomic E-state index is 0. The maximum absolute atomic E-state index is 9.71. The number of aliphatic hydroxyl groups excluding tert-OH is 1. The molecule has 1 radical (unpaired) electrons. The molecule has 79 valence electrons. The zero-order chi connectivity index (χ0) is 8.43. The predicted molar refractivity (Wildman–Crippen MR) is 47.3 cm³/mol. The van der Waals surface area contributed by atoms with Crippen molar-refractivity contribution < 1.29 is 41.7 Å². The molecule has 0 heterocycles. The molecule has 0 aromatic heterocycles. The van der Waals surface area contributed by atoms with Crippen molar-refractivity contribution in [3.63, 3.8) is 0 Å². The molecule has 1 rings (SSSR count). The number of hydrogen-bond donors (Lipinski definition) is 1. The molecule has 0 unspecified atom stereocenters. The van der Waals surface area contributed by atoms with Crippen LogP contribution in [0.5, 0.6) is 0 Å². The molecule has 0 saturated heterocycles. The van der Waals surface area contributed by atoms with Crippen LogP contribution in [-0.4, -0.2) is 11.2 Å². The van der Waals surface area contributed by atoms with E-state index < -0.39 is 0 Å². The molecule has 1 saturated carbocycles. The number of rotatable bonds is 1. The van der Waals surface area contributed by atoms with E-state index in [9.17, 15) is 5.11 Å². The van der Waals surface area contributed by atoms with Crippen molar-refractivity contribution in [1.29, 1.82) is 0 Å². The molecule has 1 nitrogen and oxygen atoms in total. The minimum Gasteiger partial charge on any atom is -0.393 e. The maximum atomic E-state index is 9.71. The van der Waals surface area contributed by atoms with Gasteiger partial charge in [-0.1, -0.05) is 27.2 Å². The van der Waals surface area contributed by atoms with Crippen LogP contribution in [0.25, 0.3) is 0 Å². The van der Waals surface area contributed by atoms with Gasteiger partial charge >= 0.3 is 0 Å². The van der Waals surface area contributed by atoms with Gasteiger partial charge in [0.25, 0.3) is 0 Å². The van der Waals surface area contributed by atoms with Gasteiger partial charge in [-0.3, -0.25) is 0 Å². The summed E-state index contributed by atoms with van der Waals surface area (Å²) in [6.45, 7) is 6.66. The van der Waals surface area contributed by atoms with Gasteiger partial charge in [-0.15, -0.1) is 0 Å².